The lowest BCUT2D eigenvalue weighted by Crippen LogP contribution is -2.49. The Kier molecular flexibility index (Phi) is 5.51. The first-order valence-electron chi connectivity index (χ1n) is 8.78. The predicted octanol–water partition coefficient (Wildman–Crippen LogP) is 3.08. The van der Waals surface area contributed by atoms with Gasteiger partial charge in [0.15, 0.2) is 0 Å². The standard InChI is InChI=1S/C19H28O5/c1-5-19(3,4)18(23)24-14-9-12(10-20)8-13-7-6-11(2)15(16(13)14)17(21)22/h6-7,10-16H,5,8-9H2,1-4H3,(H,21,22)/t11?,12?,13?,14?,15?,16-/m1/s1. The maximum atomic E-state index is 12.5. The summed E-state index contributed by atoms with van der Waals surface area (Å²) in [5.74, 6) is -2.37. The lowest BCUT2D eigenvalue weighted by Gasteiger charge is -2.45. The van der Waals surface area contributed by atoms with E-state index < -0.39 is 23.4 Å². The molecule has 0 radical (unpaired) electrons. The van der Waals surface area contributed by atoms with Gasteiger partial charge in [0.2, 0.25) is 0 Å². The molecule has 1 N–H and O–H groups in total. The summed E-state index contributed by atoms with van der Waals surface area (Å²) in [6.45, 7) is 7.45. The zero-order valence-electron chi connectivity index (χ0n) is 14.9. The Morgan fingerprint density at radius 1 is 1.29 bits per heavy atom. The molecular formula is C19H28O5. The molecule has 0 heterocycles. The first kappa shape index (κ1) is 18.7. The van der Waals surface area contributed by atoms with Crippen LogP contribution in [0, 0.1) is 35.0 Å². The summed E-state index contributed by atoms with van der Waals surface area (Å²) >= 11 is 0. The van der Waals surface area contributed by atoms with Crippen LogP contribution in [0.2, 0.25) is 0 Å². The molecule has 0 aliphatic heterocycles. The number of ether oxygens (including phenoxy) is 1. The van der Waals surface area contributed by atoms with Gasteiger partial charge in [-0.2, -0.15) is 0 Å². The third-order valence-electron chi connectivity index (χ3n) is 5.85. The molecule has 1 fully saturated rings. The predicted molar refractivity (Wildman–Crippen MR) is 89.1 cm³/mol. The summed E-state index contributed by atoms with van der Waals surface area (Å²) in [5.41, 5.74) is -0.613. The van der Waals surface area contributed by atoms with Crippen molar-refractivity contribution in [3.8, 4) is 0 Å². The van der Waals surface area contributed by atoms with Gasteiger partial charge >= 0.3 is 11.9 Å². The van der Waals surface area contributed by atoms with Gasteiger partial charge in [0.1, 0.15) is 12.4 Å². The molecule has 1 saturated carbocycles. The van der Waals surface area contributed by atoms with E-state index >= 15 is 0 Å². The second-order valence-electron chi connectivity index (χ2n) is 7.90. The van der Waals surface area contributed by atoms with E-state index in [9.17, 15) is 19.5 Å². The van der Waals surface area contributed by atoms with Gasteiger partial charge in [0.05, 0.1) is 11.3 Å². The summed E-state index contributed by atoms with van der Waals surface area (Å²) in [7, 11) is 0. The van der Waals surface area contributed by atoms with Gasteiger partial charge in [-0.1, -0.05) is 26.0 Å². The van der Waals surface area contributed by atoms with Crippen molar-refractivity contribution < 1.29 is 24.2 Å². The molecule has 0 aromatic rings. The summed E-state index contributed by atoms with van der Waals surface area (Å²) in [6, 6.07) is 0. The number of hydrogen-bond acceptors (Lipinski definition) is 4. The molecule has 5 nitrogen and oxygen atoms in total. The lowest BCUT2D eigenvalue weighted by atomic mass is 9.61. The van der Waals surface area contributed by atoms with Crippen molar-refractivity contribution in [2.75, 3.05) is 0 Å². The van der Waals surface area contributed by atoms with E-state index in [1.54, 1.807) is 0 Å². The van der Waals surface area contributed by atoms with Gasteiger partial charge in [-0.05, 0) is 44.9 Å². The van der Waals surface area contributed by atoms with Gasteiger partial charge in [-0.25, -0.2) is 0 Å². The Hall–Kier alpha value is -1.65. The molecule has 0 spiro atoms. The van der Waals surface area contributed by atoms with Gasteiger partial charge in [-0.3, -0.25) is 9.59 Å². The normalized spacial score (nSPS) is 35.8. The van der Waals surface area contributed by atoms with Crippen molar-refractivity contribution in [3.63, 3.8) is 0 Å². The fourth-order valence-electron chi connectivity index (χ4n) is 3.90. The number of rotatable bonds is 5. The van der Waals surface area contributed by atoms with Gasteiger partial charge < -0.3 is 14.6 Å². The number of fused-ring (bicyclic) bond motifs is 1. The number of carbonyl (C=O) groups excluding carboxylic acids is 2. The summed E-state index contributed by atoms with van der Waals surface area (Å²) in [5, 5.41) is 9.68. The van der Waals surface area contributed by atoms with Crippen molar-refractivity contribution in [2.24, 2.45) is 35.0 Å². The van der Waals surface area contributed by atoms with Crippen LogP contribution in [-0.4, -0.2) is 29.4 Å². The van der Waals surface area contributed by atoms with Crippen LogP contribution in [0.15, 0.2) is 12.2 Å². The first-order valence-corrected chi connectivity index (χ1v) is 8.78. The molecule has 0 saturated heterocycles. The minimum atomic E-state index is -0.859. The summed E-state index contributed by atoms with van der Waals surface area (Å²) in [6.07, 6.45) is 6.00. The van der Waals surface area contributed by atoms with Crippen LogP contribution in [0.25, 0.3) is 0 Å². The average molecular weight is 336 g/mol. The monoisotopic (exact) mass is 336 g/mol. The number of aldehydes is 1. The zero-order valence-corrected chi connectivity index (χ0v) is 14.9. The fourth-order valence-corrected chi connectivity index (χ4v) is 3.90. The molecule has 24 heavy (non-hydrogen) atoms. The highest BCUT2D eigenvalue weighted by Gasteiger charge is 2.49. The Bertz CT molecular complexity index is 536. The number of allylic oxidation sites excluding steroid dienone is 2. The lowest BCUT2D eigenvalue weighted by molar-refractivity contribution is -0.174. The Morgan fingerprint density at radius 3 is 2.50 bits per heavy atom. The smallest absolute Gasteiger partial charge is 0.311 e. The summed E-state index contributed by atoms with van der Waals surface area (Å²) < 4.78 is 5.78. The van der Waals surface area contributed by atoms with E-state index in [1.807, 2.05) is 39.8 Å². The minimum absolute atomic E-state index is 0.0335. The van der Waals surface area contributed by atoms with Crippen LogP contribution in [0.5, 0.6) is 0 Å². The number of hydrogen-bond donors (Lipinski definition) is 1. The van der Waals surface area contributed by atoms with E-state index in [0.29, 0.717) is 19.3 Å². The fraction of sp³-hybridized carbons (Fsp3) is 0.737. The van der Waals surface area contributed by atoms with Gasteiger partial charge in [0.25, 0.3) is 0 Å². The molecule has 0 bridgehead atoms. The van der Waals surface area contributed by atoms with Crippen molar-refractivity contribution in [3.05, 3.63) is 12.2 Å². The van der Waals surface area contributed by atoms with E-state index in [0.717, 1.165) is 6.29 Å². The van der Waals surface area contributed by atoms with Crippen LogP contribution in [0.1, 0.15) is 47.0 Å². The topological polar surface area (TPSA) is 80.7 Å². The largest absolute Gasteiger partial charge is 0.481 e. The molecule has 5 heteroatoms. The van der Waals surface area contributed by atoms with Crippen LogP contribution in [0.3, 0.4) is 0 Å². The van der Waals surface area contributed by atoms with Gasteiger partial charge in [0, 0.05) is 11.8 Å². The van der Waals surface area contributed by atoms with E-state index in [4.69, 9.17) is 4.74 Å². The highest BCUT2D eigenvalue weighted by atomic mass is 16.5. The van der Waals surface area contributed by atoms with Crippen LogP contribution in [-0.2, 0) is 19.1 Å². The quantitative estimate of drug-likeness (QED) is 0.474. The molecule has 2 aliphatic carbocycles. The third-order valence-corrected chi connectivity index (χ3v) is 5.85. The number of esters is 1. The Balaban J connectivity index is 2.31. The van der Waals surface area contributed by atoms with E-state index in [1.165, 1.54) is 0 Å². The second kappa shape index (κ2) is 7.08. The van der Waals surface area contributed by atoms with E-state index in [-0.39, 0.29) is 29.6 Å². The van der Waals surface area contributed by atoms with Crippen molar-refractivity contribution in [1.82, 2.24) is 0 Å². The maximum Gasteiger partial charge on any atom is 0.311 e. The Morgan fingerprint density at radius 2 is 1.96 bits per heavy atom. The number of carbonyl (C=O) groups is 3. The molecular weight excluding hydrogens is 308 g/mol. The van der Waals surface area contributed by atoms with Crippen molar-refractivity contribution in [2.45, 2.75) is 53.1 Å². The number of carboxylic acids is 1. The molecule has 0 aromatic carbocycles. The van der Waals surface area contributed by atoms with Crippen LogP contribution in [0.4, 0.5) is 0 Å². The highest BCUT2D eigenvalue weighted by Crippen LogP contribution is 2.46. The molecule has 2 rings (SSSR count). The van der Waals surface area contributed by atoms with Gasteiger partial charge in [-0.15, -0.1) is 0 Å². The SMILES string of the molecule is CCC(C)(C)C(=O)OC1CC(C=O)CC2C=CC(C)C(C(=O)O)[C@H]21. The third kappa shape index (κ3) is 3.55. The molecule has 0 aromatic heterocycles. The minimum Gasteiger partial charge on any atom is -0.481 e. The molecule has 134 valence electrons. The maximum absolute atomic E-state index is 12.5. The van der Waals surface area contributed by atoms with Crippen LogP contribution >= 0.6 is 0 Å². The van der Waals surface area contributed by atoms with Crippen molar-refractivity contribution >= 4 is 18.2 Å². The van der Waals surface area contributed by atoms with Crippen molar-refractivity contribution in [1.29, 1.82) is 0 Å². The first-order chi connectivity index (χ1) is 11.2. The Labute approximate surface area is 143 Å². The van der Waals surface area contributed by atoms with E-state index in [2.05, 4.69) is 0 Å². The molecule has 2 aliphatic rings. The number of carboxylic acid groups (broad SMARTS) is 1. The zero-order chi connectivity index (χ0) is 18.1. The molecule has 6 atom stereocenters. The second-order valence-corrected chi connectivity index (χ2v) is 7.90. The molecule has 5 unspecified atom stereocenters. The highest BCUT2D eigenvalue weighted by molar-refractivity contribution is 5.76. The number of aliphatic carboxylic acids is 1. The molecule has 0 amide bonds. The summed E-state index contributed by atoms with van der Waals surface area (Å²) in [4.78, 5) is 35.6. The average Bonchev–Trinajstić information content (AvgIpc) is 2.54. The van der Waals surface area contributed by atoms with Crippen LogP contribution < -0.4 is 0 Å².